The van der Waals surface area contributed by atoms with E-state index >= 15 is 0 Å². The number of anilines is 2. The lowest BCUT2D eigenvalue weighted by Gasteiger charge is -2.12. The maximum absolute atomic E-state index is 12.7. The maximum Gasteiger partial charge on any atom is 0.295 e. The Labute approximate surface area is 178 Å². The van der Waals surface area contributed by atoms with Crippen molar-refractivity contribution in [1.29, 1.82) is 0 Å². The Hall–Kier alpha value is -3.24. The molecule has 1 heterocycles. The van der Waals surface area contributed by atoms with Gasteiger partial charge in [0.2, 0.25) is 0 Å². The molecule has 3 aromatic rings. The first-order chi connectivity index (χ1) is 14.2. The first-order valence-electron chi connectivity index (χ1n) is 8.89. The Morgan fingerprint density at radius 3 is 2.40 bits per heavy atom. The van der Waals surface area contributed by atoms with Crippen molar-refractivity contribution >= 4 is 44.6 Å². The lowest BCUT2D eigenvalue weighted by atomic mass is 10.1. The van der Waals surface area contributed by atoms with Crippen LogP contribution in [0.15, 0.2) is 57.8 Å². The van der Waals surface area contributed by atoms with E-state index in [1.165, 1.54) is 23.5 Å². The molecule has 8 nitrogen and oxygen atoms in total. The molecule has 0 atom stereocenters. The summed E-state index contributed by atoms with van der Waals surface area (Å²) in [5.74, 6) is 0. The summed E-state index contributed by atoms with van der Waals surface area (Å²) in [5, 5.41) is 17.4. The second-order valence-corrected chi connectivity index (χ2v) is 9.33. The zero-order chi connectivity index (χ0) is 21.9. The molecular weight excluding hydrogens is 424 g/mol. The molecule has 156 valence electrons. The molecule has 0 spiro atoms. The molecule has 0 aliphatic heterocycles. The summed E-state index contributed by atoms with van der Waals surface area (Å²) in [4.78, 5) is 11.6. The largest absolute Gasteiger partial charge is 0.295 e. The van der Waals surface area contributed by atoms with Crippen molar-refractivity contribution < 1.29 is 13.3 Å². The average molecular weight is 445 g/mol. The second kappa shape index (κ2) is 8.64. The zero-order valence-corrected chi connectivity index (χ0v) is 18.2. The summed E-state index contributed by atoms with van der Waals surface area (Å²) in [7, 11) is -4.00. The number of hydrogen-bond acceptors (Lipinski definition) is 7. The molecule has 0 fully saturated rings. The van der Waals surface area contributed by atoms with Crippen molar-refractivity contribution in [2.24, 2.45) is 5.10 Å². The van der Waals surface area contributed by atoms with E-state index in [1.54, 1.807) is 25.3 Å². The minimum Gasteiger partial charge on any atom is -0.279 e. The number of thiophene rings is 1. The standard InChI is InChI=1S/C20H20N4O4S2/c1-13-4-6-17(15(3)10-13)23-30(27,28)16-5-7-18(19(11-16)24(25)26)22-21-12-20-14(2)8-9-29-20/h4-12,22-23H,1-3H3. The van der Waals surface area contributed by atoms with E-state index in [0.717, 1.165) is 27.6 Å². The van der Waals surface area contributed by atoms with Crippen LogP contribution in [-0.2, 0) is 10.0 Å². The fourth-order valence-corrected chi connectivity index (χ4v) is 4.67. The molecule has 2 aromatic carbocycles. The minimum absolute atomic E-state index is 0.0934. The second-order valence-electron chi connectivity index (χ2n) is 6.70. The highest BCUT2D eigenvalue weighted by Gasteiger charge is 2.22. The van der Waals surface area contributed by atoms with Crippen LogP contribution >= 0.6 is 11.3 Å². The monoisotopic (exact) mass is 444 g/mol. The molecule has 0 radical (unpaired) electrons. The highest BCUT2D eigenvalue weighted by Crippen LogP contribution is 2.29. The third-order valence-corrected chi connectivity index (χ3v) is 6.69. The van der Waals surface area contributed by atoms with Crippen molar-refractivity contribution in [1.82, 2.24) is 0 Å². The molecule has 0 aliphatic carbocycles. The van der Waals surface area contributed by atoms with Crippen LogP contribution in [0.4, 0.5) is 17.1 Å². The molecule has 30 heavy (non-hydrogen) atoms. The molecule has 2 N–H and O–H groups in total. The predicted molar refractivity (Wildman–Crippen MR) is 120 cm³/mol. The zero-order valence-electron chi connectivity index (χ0n) is 16.5. The van der Waals surface area contributed by atoms with E-state index in [0.29, 0.717) is 5.69 Å². The Kier molecular flexibility index (Phi) is 6.18. The van der Waals surface area contributed by atoms with E-state index in [-0.39, 0.29) is 10.6 Å². The lowest BCUT2D eigenvalue weighted by molar-refractivity contribution is -0.384. The van der Waals surface area contributed by atoms with Gasteiger partial charge in [-0.05, 0) is 61.5 Å². The molecule has 3 rings (SSSR count). The molecule has 0 saturated carbocycles. The normalized spacial score (nSPS) is 11.6. The van der Waals surface area contributed by atoms with Gasteiger partial charge in [-0.2, -0.15) is 5.10 Å². The summed E-state index contributed by atoms with van der Waals surface area (Å²) in [6.45, 7) is 5.62. The fourth-order valence-electron chi connectivity index (χ4n) is 2.73. The van der Waals surface area contributed by atoms with Crippen LogP contribution in [0.25, 0.3) is 0 Å². The van der Waals surface area contributed by atoms with Gasteiger partial charge in [-0.25, -0.2) is 8.42 Å². The van der Waals surface area contributed by atoms with Crippen molar-refractivity contribution in [2.75, 3.05) is 10.1 Å². The van der Waals surface area contributed by atoms with Gasteiger partial charge in [-0.1, -0.05) is 17.7 Å². The highest BCUT2D eigenvalue weighted by atomic mass is 32.2. The molecule has 0 unspecified atom stereocenters. The van der Waals surface area contributed by atoms with Gasteiger partial charge >= 0.3 is 0 Å². The van der Waals surface area contributed by atoms with Crippen LogP contribution in [0.3, 0.4) is 0 Å². The van der Waals surface area contributed by atoms with Gasteiger partial charge < -0.3 is 0 Å². The van der Waals surface area contributed by atoms with E-state index < -0.39 is 20.6 Å². The SMILES string of the molecule is Cc1ccc(NS(=O)(=O)c2ccc(NN=Cc3sccc3C)c([N+](=O)[O-])c2)c(C)c1. The number of nitro groups is 1. The number of aryl methyl sites for hydroxylation is 3. The van der Waals surface area contributed by atoms with Crippen LogP contribution in [0, 0.1) is 30.9 Å². The number of rotatable bonds is 7. The number of nitro benzene ring substituents is 1. The van der Waals surface area contributed by atoms with Crippen molar-refractivity contribution in [3.63, 3.8) is 0 Å². The Morgan fingerprint density at radius 2 is 1.77 bits per heavy atom. The van der Waals surface area contributed by atoms with Crippen molar-refractivity contribution in [3.05, 3.63) is 79.5 Å². The Morgan fingerprint density at radius 1 is 1.03 bits per heavy atom. The lowest BCUT2D eigenvalue weighted by Crippen LogP contribution is -2.14. The molecular formula is C20H20N4O4S2. The summed E-state index contributed by atoms with van der Waals surface area (Å²) >= 11 is 1.49. The molecule has 1 aromatic heterocycles. The molecule has 0 amide bonds. The predicted octanol–water partition coefficient (Wildman–Crippen LogP) is 4.83. The van der Waals surface area contributed by atoms with Gasteiger partial charge in [0.1, 0.15) is 5.69 Å². The molecule has 10 heteroatoms. The van der Waals surface area contributed by atoms with Crippen LogP contribution < -0.4 is 10.1 Å². The van der Waals surface area contributed by atoms with E-state index in [2.05, 4.69) is 15.2 Å². The summed E-state index contributed by atoms with van der Waals surface area (Å²) in [5.41, 5.74) is 5.54. The third-order valence-electron chi connectivity index (χ3n) is 4.37. The van der Waals surface area contributed by atoms with Crippen LogP contribution in [-0.4, -0.2) is 19.6 Å². The smallest absolute Gasteiger partial charge is 0.279 e. The van der Waals surface area contributed by atoms with Crippen molar-refractivity contribution in [2.45, 2.75) is 25.7 Å². The fraction of sp³-hybridized carbons (Fsp3) is 0.150. The maximum atomic E-state index is 12.7. The quantitative estimate of drug-likeness (QED) is 0.308. The molecule has 0 bridgehead atoms. The van der Waals surface area contributed by atoms with E-state index in [1.807, 2.05) is 31.4 Å². The van der Waals surface area contributed by atoms with Gasteiger partial charge in [0.15, 0.2) is 0 Å². The minimum atomic E-state index is -4.00. The van der Waals surface area contributed by atoms with Crippen molar-refractivity contribution in [3.8, 4) is 0 Å². The van der Waals surface area contributed by atoms with Gasteiger partial charge in [-0.15, -0.1) is 11.3 Å². The highest BCUT2D eigenvalue weighted by molar-refractivity contribution is 7.92. The van der Waals surface area contributed by atoms with Gasteiger partial charge in [-0.3, -0.25) is 20.3 Å². The van der Waals surface area contributed by atoms with Gasteiger partial charge in [0.05, 0.1) is 21.7 Å². The Balaban J connectivity index is 1.87. The van der Waals surface area contributed by atoms with Gasteiger partial charge in [0, 0.05) is 10.9 Å². The summed E-state index contributed by atoms with van der Waals surface area (Å²) in [6.07, 6.45) is 1.57. The number of sulfonamides is 1. The summed E-state index contributed by atoms with van der Waals surface area (Å²) < 4.78 is 28.0. The van der Waals surface area contributed by atoms with E-state index in [4.69, 9.17) is 0 Å². The number of benzene rings is 2. The van der Waals surface area contributed by atoms with Gasteiger partial charge in [0.25, 0.3) is 15.7 Å². The number of hydrogen-bond donors (Lipinski definition) is 2. The third kappa shape index (κ3) is 4.84. The first kappa shape index (κ1) is 21.5. The van der Waals surface area contributed by atoms with E-state index in [9.17, 15) is 18.5 Å². The number of hydrazone groups is 1. The molecule has 0 saturated heterocycles. The average Bonchev–Trinajstić information content (AvgIpc) is 3.09. The number of nitrogens with zero attached hydrogens (tertiary/aromatic N) is 2. The van der Waals surface area contributed by atoms with Crippen LogP contribution in [0.2, 0.25) is 0 Å². The molecule has 0 aliphatic rings. The van der Waals surface area contributed by atoms with Crippen LogP contribution in [0.5, 0.6) is 0 Å². The van der Waals surface area contributed by atoms with Crippen LogP contribution in [0.1, 0.15) is 21.6 Å². The Bertz CT molecular complexity index is 1230. The topological polar surface area (TPSA) is 114 Å². The number of nitrogens with one attached hydrogen (secondary N) is 2. The first-order valence-corrected chi connectivity index (χ1v) is 11.3. The summed E-state index contributed by atoms with van der Waals surface area (Å²) in [6, 6.07) is 10.9.